The van der Waals surface area contributed by atoms with Gasteiger partial charge in [0.15, 0.2) is 0 Å². The molecule has 0 radical (unpaired) electrons. The van der Waals surface area contributed by atoms with Crippen LogP contribution in [0.5, 0.6) is 0 Å². The number of hydrogen-bond acceptors (Lipinski definition) is 6. The smallest absolute Gasteiger partial charge is 0.337 e. The van der Waals surface area contributed by atoms with Gasteiger partial charge < -0.3 is 25.0 Å². The fourth-order valence-electron chi connectivity index (χ4n) is 4.06. The van der Waals surface area contributed by atoms with Gasteiger partial charge in [0.1, 0.15) is 5.70 Å². The van der Waals surface area contributed by atoms with Crippen LogP contribution in [0, 0.1) is 0 Å². The van der Waals surface area contributed by atoms with E-state index in [9.17, 15) is 14.4 Å². The predicted octanol–water partition coefficient (Wildman–Crippen LogP) is 1.76. The first-order valence-electron chi connectivity index (χ1n) is 10.3. The van der Waals surface area contributed by atoms with Gasteiger partial charge in [-0.1, -0.05) is 25.3 Å². The molecule has 1 aliphatic carbocycles. The summed E-state index contributed by atoms with van der Waals surface area (Å²) in [4.78, 5) is 40.9. The molecule has 0 unspecified atom stereocenters. The number of rotatable bonds is 7. The van der Waals surface area contributed by atoms with E-state index < -0.39 is 5.97 Å². The maximum atomic E-state index is 13.0. The summed E-state index contributed by atoms with van der Waals surface area (Å²) in [5.74, 6) is -1.05. The number of hydrogen-bond donors (Lipinski definition) is 2. The Bertz CT molecular complexity index is 845. The molecule has 3 rings (SSSR count). The van der Waals surface area contributed by atoms with Gasteiger partial charge in [0.05, 0.1) is 25.8 Å². The van der Waals surface area contributed by atoms with Gasteiger partial charge in [-0.3, -0.25) is 9.59 Å². The topological polar surface area (TPSA) is 99.2 Å². The maximum Gasteiger partial charge on any atom is 0.337 e. The summed E-state index contributed by atoms with van der Waals surface area (Å²) in [6.45, 7) is -0.0163. The second-order valence-corrected chi connectivity index (χ2v) is 7.71. The van der Waals surface area contributed by atoms with Crippen molar-refractivity contribution in [2.75, 3.05) is 39.2 Å². The summed E-state index contributed by atoms with van der Waals surface area (Å²) < 4.78 is 4.80. The van der Waals surface area contributed by atoms with E-state index in [1.165, 1.54) is 18.4 Å². The molecular formula is C22H29N3O5. The highest BCUT2D eigenvalue weighted by Crippen LogP contribution is 2.25. The zero-order chi connectivity index (χ0) is 21.7. The molecule has 0 saturated heterocycles. The van der Waals surface area contributed by atoms with Crippen LogP contribution in [0.1, 0.15) is 42.5 Å². The molecule has 162 valence electrons. The lowest BCUT2D eigenvalue weighted by Gasteiger charge is -2.31. The molecule has 2 N–H and O–H groups in total. The molecule has 1 heterocycles. The van der Waals surface area contributed by atoms with Crippen LogP contribution in [0.3, 0.4) is 0 Å². The molecule has 1 saturated carbocycles. The van der Waals surface area contributed by atoms with E-state index in [1.54, 1.807) is 29.2 Å². The number of aliphatic hydroxyl groups excluding tert-OH is 1. The summed E-state index contributed by atoms with van der Waals surface area (Å²) in [5.41, 5.74) is 1.37. The van der Waals surface area contributed by atoms with Crippen LogP contribution in [0.25, 0.3) is 0 Å². The number of benzene rings is 1. The Balaban J connectivity index is 1.80. The number of ether oxygens (including phenoxy) is 1. The molecular weight excluding hydrogens is 386 g/mol. The zero-order valence-electron chi connectivity index (χ0n) is 17.5. The van der Waals surface area contributed by atoms with Crippen molar-refractivity contribution >= 4 is 23.5 Å². The van der Waals surface area contributed by atoms with E-state index in [0.29, 0.717) is 11.3 Å². The van der Waals surface area contributed by atoms with Gasteiger partial charge in [0.25, 0.3) is 11.8 Å². The molecule has 30 heavy (non-hydrogen) atoms. The third-order valence-corrected chi connectivity index (χ3v) is 5.78. The zero-order valence-corrected chi connectivity index (χ0v) is 17.5. The highest BCUT2D eigenvalue weighted by Gasteiger charge is 2.34. The number of methoxy groups -OCH3 is 1. The van der Waals surface area contributed by atoms with Crippen LogP contribution in [0.4, 0.5) is 5.69 Å². The van der Waals surface area contributed by atoms with Gasteiger partial charge in [-0.05, 0) is 31.0 Å². The molecule has 1 aromatic rings. The van der Waals surface area contributed by atoms with Crippen molar-refractivity contribution in [2.45, 2.75) is 38.1 Å². The molecule has 1 aliphatic heterocycles. The van der Waals surface area contributed by atoms with Crippen LogP contribution in [-0.2, 0) is 14.3 Å². The molecule has 0 atom stereocenters. The van der Waals surface area contributed by atoms with Crippen LogP contribution >= 0.6 is 0 Å². The van der Waals surface area contributed by atoms with Crippen molar-refractivity contribution in [3.05, 3.63) is 41.1 Å². The van der Waals surface area contributed by atoms with Gasteiger partial charge in [-0.25, -0.2) is 4.79 Å². The normalized spacial score (nSPS) is 17.3. The molecule has 8 heteroatoms. The molecule has 2 amide bonds. The Labute approximate surface area is 176 Å². The third kappa shape index (κ3) is 4.64. The molecule has 1 fully saturated rings. The van der Waals surface area contributed by atoms with Gasteiger partial charge in [-0.2, -0.15) is 0 Å². The Morgan fingerprint density at radius 3 is 2.67 bits per heavy atom. The summed E-state index contributed by atoms with van der Waals surface area (Å²) in [7, 11) is 3.09. The summed E-state index contributed by atoms with van der Waals surface area (Å²) in [6, 6.07) is 7.16. The van der Waals surface area contributed by atoms with E-state index in [2.05, 4.69) is 5.32 Å². The summed E-state index contributed by atoms with van der Waals surface area (Å²) >= 11 is 0. The monoisotopic (exact) mass is 415 g/mol. The van der Waals surface area contributed by atoms with Gasteiger partial charge >= 0.3 is 5.97 Å². The number of esters is 1. The standard InChI is InChI=1S/C22H29N3O5/c1-24(17-9-4-3-5-10-17)20(27)15-7-6-8-16(13-15)23-19-18(22(29)30-2)14-25(11-12-26)21(19)28/h6-8,13,17,23,26H,3-5,9-12,14H2,1-2H3. The lowest BCUT2D eigenvalue weighted by molar-refractivity contribution is -0.136. The lowest BCUT2D eigenvalue weighted by Crippen LogP contribution is -2.38. The van der Waals surface area contributed by atoms with Crippen LogP contribution in [-0.4, -0.2) is 72.6 Å². The van der Waals surface area contributed by atoms with Gasteiger partial charge in [0.2, 0.25) is 0 Å². The number of nitrogens with one attached hydrogen (secondary N) is 1. The number of nitrogens with zero attached hydrogens (tertiary/aromatic N) is 2. The number of β-amino-alcohol motifs (C(OH)–C–C–N with tert-alkyl or cyclic N) is 1. The number of anilines is 1. The average Bonchev–Trinajstić information content (AvgIpc) is 3.08. The number of carbonyl (C=O) groups is 3. The highest BCUT2D eigenvalue weighted by atomic mass is 16.5. The van der Waals surface area contributed by atoms with Crippen LogP contribution in [0.2, 0.25) is 0 Å². The fourth-order valence-corrected chi connectivity index (χ4v) is 4.06. The molecule has 8 nitrogen and oxygen atoms in total. The third-order valence-electron chi connectivity index (χ3n) is 5.78. The van der Waals surface area contributed by atoms with Gasteiger partial charge in [-0.15, -0.1) is 0 Å². The summed E-state index contributed by atoms with van der Waals surface area (Å²) in [5, 5.41) is 12.2. The highest BCUT2D eigenvalue weighted by molar-refractivity contribution is 6.08. The predicted molar refractivity (Wildman–Crippen MR) is 112 cm³/mol. The van der Waals surface area contributed by atoms with Crippen molar-refractivity contribution in [3.8, 4) is 0 Å². The maximum absolute atomic E-state index is 13.0. The van der Waals surface area contributed by atoms with Crippen LogP contribution < -0.4 is 5.32 Å². The van der Waals surface area contributed by atoms with Crippen molar-refractivity contribution in [1.29, 1.82) is 0 Å². The van der Waals surface area contributed by atoms with E-state index in [4.69, 9.17) is 9.84 Å². The minimum Gasteiger partial charge on any atom is -0.466 e. The average molecular weight is 415 g/mol. The van der Waals surface area contributed by atoms with Crippen molar-refractivity contribution in [3.63, 3.8) is 0 Å². The Morgan fingerprint density at radius 2 is 2.00 bits per heavy atom. The quantitative estimate of drug-likeness (QED) is 0.659. The first kappa shape index (κ1) is 21.8. The van der Waals surface area contributed by atoms with Crippen molar-refractivity contribution in [2.24, 2.45) is 0 Å². The summed E-state index contributed by atoms with van der Waals surface area (Å²) in [6.07, 6.45) is 5.54. The van der Waals surface area contributed by atoms with E-state index in [-0.39, 0.29) is 48.8 Å². The van der Waals surface area contributed by atoms with E-state index in [1.807, 2.05) is 7.05 Å². The Morgan fingerprint density at radius 1 is 1.27 bits per heavy atom. The van der Waals surface area contributed by atoms with E-state index >= 15 is 0 Å². The SMILES string of the molecule is COC(=O)C1=C(Nc2cccc(C(=O)N(C)C3CCCCC3)c2)C(=O)N(CCO)C1. The number of aliphatic hydroxyl groups is 1. The second kappa shape index (κ2) is 9.75. The minimum atomic E-state index is -0.601. The Hall–Kier alpha value is -2.87. The lowest BCUT2D eigenvalue weighted by atomic mass is 9.94. The molecule has 1 aromatic carbocycles. The first-order chi connectivity index (χ1) is 14.5. The fraction of sp³-hybridized carbons (Fsp3) is 0.500. The molecule has 2 aliphatic rings. The van der Waals surface area contributed by atoms with Gasteiger partial charge in [0, 0.05) is 30.9 Å². The molecule has 0 bridgehead atoms. The molecule has 0 aromatic heterocycles. The minimum absolute atomic E-state index is 0.0626. The largest absolute Gasteiger partial charge is 0.466 e. The second-order valence-electron chi connectivity index (χ2n) is 7.71. The van der Waals surface area contributed by atoms with E-state index in [0.717, 1.165) is 25.7 Å². The van der Waals surface area contributed by atoms with Crippen LogP contribution in [0.15, 0.2) is 35.5 Å². The number of amides is 2. The first-order valence-corrected chi connectivity index (χ1v) is 10.3. The number of carbonyl (C=O) groups excluding carboxylic acids is 3. The Kier molecular flexibility index (Phi) is 7.10. The molecule has 0 spiro atoms. The van der Waals surface area contributed by atoms with Crippen molar-refractivity contribution < 1.29 is 24.2 Å². The van der Waals surface area contributed by atoms with Crippen molar-refractivity contribution in [1.82, 2.24) is 9.80 Å².